The molecule has 0 saturated carbocycles. The summed E-state index contributed by atoms with van der Waals surface area (Å²) < 4.78 is 33.6. The van der Waals surface area contributed by atoms with Crippen molar-refractivity contribution in [3.63, 3.8) is 0 Å². The van der Waals surface area contributed by atoms with Crippen LogP contribution < -0.4 is 10.1 Å². The van der Waals surface area contributed by atoms with Gasteiger partial charge in [-0.15, -0.1) is 0 Å². The van der Waals surface area contributed by atoms with Crippen molar-refractivity contribution in [3.8, 4) is 5.75 Å². The second-order valence-corrected chi connectivity index (χ2v) is 8.70. The van der Waals surface area contributed by atoms with Gasteiger partial charge < -0.3 is 10.1 Å². The summed E-state index contributed by atoms with van der Waals surface area (Å²) in [6, 6.07) is 14.1. The Balaban J connectivity index is 1.70. The lowest BCUT2D eigenvalue weighted by Gasteiger charge is -2.34. The lowest BCUT2D eigenvalue weighted by atomic mass is 10.2. The summed E-state index contributed by atoms with van der Waals surface area (Å²) >= 11 is 6.17. The Bertz CT molecular complexity index is 952. The number of nitrogens with zero attached hydrogens (tertiary/aromatic N) is 2. The van der Waals surface area contributed by atoms with Gasteiger partial charge in [0, 0.05) is 24.7 Å². The van der Waals surface area contributed by atoms with Gasteiger partial charge in [0.25, 0.3) is 10.2 Å². The second-order valence-electron chi connectivity index (χ2n) is 6.37. The molecule has 3 rings (SSSR count). The summed E-state index contributed by atoms with van der Waals surface area (Å²) in [5.74, 6) is 0.0883. The van der Waals surface area contributed by atoms with Crippen LogP contribution in [-0.2, 0) is 21.5 Å². The largest absolute Gasteiger partial charge is 0.495 e. The van der Waals surface area contributed by atoms with Gasteiger partial charge in [-0.2, -0.15) is 17.0 Å². The van der Waals surface area contributed by atoms with E-state index in [-0.39, 0.29) is 13.1 Å². The van der Waals surface area contributed by atoms with Crippen LogP contribution in [0.15, 0.2) is 48.5 Å². The number of amides is 1. The fourth-order valence-corrected chi connectivity index (χ4v) is 4.88. The molecule has 0 radical (unpaired) electrons. The Hall–Kier alpha value is -2.13. The van der Waals surface area contributed by atoms with E-state index in [9.17, 15) is 13.2 Å². The minimum Gasteiger partial charge on any atom is -0.495 e. The Morgan fingerprint density at radius 3 is 2.54 bits per heavy atom. The summed E-state index contributed by atoms with van der Waals surface area (Å²) in [5, 5.41) is 3.23. The first-order valence-corrected chi connectivity index (χ1v) is 10.6. The third-order valence-corrected chi connectivity index (χ3v) is 6.77. The van der Waals surface area contributed by atoms with Gasteiger partial charge in [0.05, 0.1) is 19.3 Å². The van der Waals surface area contributed by atoms with Gasteiger partial charge in [0.2, 0.25) is 5.91 Å². The third kappa shape index (κ3) is 4.64. The maximum atomic E-state index is 12.9. The monoisotopic (exact) mass is 423 g/mol. The first-order chi connectivity index (χ1) is 13.4. The molecule has 0 atom stereocenters. The fourth-order valence-electron chi connectivity index (χ4n) is 3.05. The molecule has 1 fully saturated rings. The van der Waals surface area contributed by atoms with Gasteiger partial charge in [0.15, 0.2) is 0 Å². The molecule has 0 bridgehead atoms. The first-order valence-electron chi connectivity index (χ1n) is 8.83. The van der Waals surface area contributed by atoms with E-state index in [2.05, 4.69) is 5.32 Å². The Morgan fingerprint density at radius 1 is 1.11 bits per heavy atom. The highest BCUT2D eigenvalue weighted by Crippen LogP contribution is 2.25. The minimum absolute atomic E-state index is 0.173. The predicted octanol–water partition coefficient (Wildman–Crippen LogP) is 2.74. The van der Waals surface area contributed by atoms with Crippen molar-refractivity contribution in [1.29, 1.82) is 0 Å². The van der Waals surface area contributed by atoms with Gasteiger partial charge >= 0.3 is 0 Å². The quantitative estimate of drug-likeness (QED) is 0.774. The SMILES string of the molecule is COc1ccccc1NC(=O)CN1CCCN(Cc2ccccc2Cl)S1(=O)=O. The van der Waals surface area contributed by atoms with Crippen LogP contribution in [0.2, 0.25) is 5.02 Å². The number of benzene rings is 2. The molecule has 0 aromatic heterocycles. The number of carbonyl (C=O) groups excluding carboxylic acids is 1. The summed E-state index contributed by atoms with van der Waals surface area (Å²) in [6.45, 7) is 0.588. The molecule has 7 nitrogen and oxygen atoms in total. The molecule has 150 valence electrons. The molecule has 1 saturated heterocycles. The van der Waals surface area contributed by atoms with Crippen molar-refractivity contribution in [2.75, 3.05) is 32.1 Å². The van der Waals surface area contributed by atoms with E-state index in [4.69, 9.17) is 16.3 Å². The maximum absolute atomic E-state index is 12.9. The molecule has 1 aliphatic heterocycles. The number of halogens is 1. The molecule has 9 heteroatoms. The van der Waals surface area contributed by atoms with E-state index in [1.54, 1.807) is 42.5 Å². The zero-order chi connectivity index (χ0) is 20.1. The number of para-hydroxylation sites is 2. The normalized spacial score (nSPS) is 17.2. The number of carbonyl (C=O) groups is 1. The molecule has 1 N–H and O–H groups in total. The van der Waals surface area contributed by atoms with Crippen molar-refractivity contribution in [1.82, 2.24) is 8.61 Å². The summed E-state index contributed by atoms with van der Waals surface area (Å²) in [7, 11) is -2.26. The number of nitrogens with one attached hydrogen (secondary N) is 1. The number of methoxy groups -OCH3 is 1. The molecule has 1 heterocycles. The van der Waals surface area contributed by atoms with E-state index in [0.717, 1.165) is 5.56 Å². The lowest BCUT2D eigenvalue weighted by molar-refractivity contribution is -0.116. The van der Waals surface area contributed by atoms with Crippen LogP contribution in [0.25, 0.3) is 0 Å². The maximum Gasteiger partial charge on any atom is 0.282 e. The first kappa shape index (κ1) is 20.6. The van der Waals surface area contributed by atoms with E-state index >= 15 is 0 Å². The fraction of sp³-hybridized carbons (Fsp3) is 0.316. The minimum atomic E-state index is -3.77. The van der Waals surface area contributed by atoms with Crippen molar-refractivity contribution in [2.45, 2.75) is 13.0 Å². The molecule has 0 unspecified atom stereocenters. The average Bonchev–Trinajstić information content (AvgIpc) is 2.67. The van der Waals surface area contributed by atoms with Gasteiger partial charge in [-0.3, -0.25) is 4.79 Å². The highest BCUT2D eigenvalue weighted by atomic mass is 35.5. The molecule has 2 aromatic carbocycles. The number of rotatable bonds is 6. The number of ether oxygens (including phenoxy) is 1. The average molecular weight is 424 g/mol. The predicted molar refractivity (Wildman–Crippen MR) is 109 cm³/mol. The number of hydrogen-bond donors (Lipinski definition) is 1. The van der Waals surface area contributed by atoms with Crippen molar-refractivity contribution >= 4 is 33.4 Å². The van der Waals surface area contributed by atoms with Gasteiger partial charge in [-0.1, -0.05) is 41.9 Å². The van der Waals surface area contributed by atoms with E-state index in [1.165, 1.54) is 15.7 Å². The Labute approximate surface area is 170 Å². The van der Waals surface area contributed by atoms with Crippen LogP contribution in [0.3, 0.4) is 0 Å². The van der Waals surface area contributed by atoms with Gasteiger partial charge in [-0.25, -0.2) is 0 Å². The highest BCUT2D eigenvalue weighted by molar-refractivity contribution is 7.86. The highest BCUT2D eigenvalue weighted by Gasteiger charge is 2.35. The smallest absolute Gasteiger partial charge is 0.282 e. The lowest BCUT2D eigenvalue weighted by Crippen LogP contribution is -2.51. The van der Waals surface area contributed by atoms with E-state index in [0.29, 0.717) is 36.0 Å². The Kier molecular flexibility index (Phi) is 6.56. The van der Waals surface area contributed by atoms with Crippen molar-refractivity contribution < 1.29 is 17.9 Å². The van der Waals surface area contributed by atoms with E-state index < -0.39 is 16.1 Å². The van der Waals surface area contributed by atoms with E-state index in [1.807, 2.05) is 6.07 Å². The molecular formula is C19H22ClN3O4S. The van der Waals surface area contributed by atoms with Crippen LogP contribution in [0.4, 0.5) is 5.69 Å². The van der Waals surface area contributed by atoms with Crippen LogP contribution in [0.5, 0.6) is 5.75 Å². The molecular weight excluding hydrogens is 402 g/mol. The number of hydrogen-bond acceptors (Lipinski definition) is 4. The summed E-state index contributed by atoms with van der Waals surface area (Å²) in [6.07, 6.45) is 0.631. The Morgan fingerprint density at radius 2 is 1.79 bits per heavy atom. The molecule has 2 aromatic rings. The van der Waals surface area contributed by atoms with Gasteiger partial charge in [0.1, 0.15) is 5.75 Å². The summed E-state index contributed by atoms with van der Waals surface area (Å²) in [5.41, 5.74) is 1.23. The molecule has 1 amide bonds. The van der Waals surface area contributed by atoms with Crippen LogP contribution in [0.1, 0.15) is 12.0 Å². The van der Waals surface area contributed by atoms with Crippen molar-refractivity contribution in [3.05, 3.63) is 59.1 Å². The standard InChI is InChI=1S/C19H22ClN3O4S/c1-27-18-10-5-4-9-17(18)21-19(24)14-23-12-6-11-22(28(23,25)26)13-15-7-2-3-8-16(15)20/h2-5,7-10H,6,11-14H2,1H3,(H,21,24). The third-order valence-electron chi connectivity index (χ3n) is 4.47. The number of anilines is 1. The van der Waals surface area contributed by atoms with Crippen LogP contribution in [-0.4, -0.2) is 49.7 Å². The van der Waals surface area contributed by atoms with Gasteiger partial charge in [-0.05, 0) is 30.2 Å². The molecule has 0 spiro atoms. The second kappa shape index (κ2) is 8.91. The van der Waals surface area contributed by atoms with Crippen LogP contribution >= 0.6 is 11.6 Å². The summed E-state index contributed by atoms with van der Waals surface area (Å²) in [4.78, 5) is 12.4. The molecule has 28 heavy (non-hydrogen) atoms. The zero-order valence-corrected chi connectivity index (χ0v) is 17.0. The molecule has 0 aliphatic carbocycles. The topological polar surface area (TPSA) is 79.0 Å². The van der Waals surface area contributed by atoms with Crippen molar-refractivity contribution in [2.24, 2.45) is 0 Å². The zero-order valence-electron chi connectivity index (χ0n) is 15.5. The molecule has 1 aliphatic rings. The van der Waals surface area contributed by atoms with Crippen LogP contribution in [0, 0.1) is 0 Å².